The number of aromatic nitrogens is 4. The number of aromatic carboxylic acids is 1. The highest BCUT2D eigenvalue weighted by atomic mass is 32.2. The molecular weight excluding hydrogens is 280 g/mol. The molecule has 8 heteroatoms. The molecule has 1 N–H and O–H groups in total. The first-order valence-corrected chi connectivity index (χ1v) is 6.96. The van der Waals surface area contributed by atoms with Gasteiger partial charge in [0.25, 0.3) is 0 Å². The van der Waals surface area contributed by atoms with Crippen LogP contribution >= 0.6 is 11.8 Å². The summed E-state index contributed by atoms with van der Waals surface area (Å²) >= 11 is 1.55. The molecule has 0 bridgehead atoms. The van der Waals surface area contributed by atoms with Crippen LogP contribution in [0.2, 0.25) is 0 Å². The van der Waals surface area contributed by atoms with E-state index < -0.39 is 5.97 Å². The zero-order chi connectivity index (χ0) is 14.4. The molecule has 0 amide bonds. The van der Waals surface area contributed by atoms with Crippen LogP contribution in [0.5, 0.6) is 5.75 Å². The molecule has 20 heavy (non-hydrogen) atoms. The van der Waals surface area contributed by atoms with Gasteiger partial charge in [0.2, 0.25) is 5.16 Å². The molecule has 1 heterocycles. The van der Waals surface area contributed by atoms with Gasteiger partial charge in [0.05, 0.1) is 12.2 Å². The molecule has 0 aliphatic rings. The number of carboxylic acid groups (broad SMARTS) is 1. The van der Waals surface area contributed by atoms with Crippen molar-refractivity contribution in [1.29, 1.82) is 0 Å². The maximum absolute atomic E-state index is 10.8. The number of nitrogens with zero attached hydrogens (tertiary/aromatic N) is 4. The van der Waals surface area contributed by atoms with Crippen LogP contribution in [0.25, 0.3) is 0 Å². The SMILES string of the molecule is Cn1nnnc1SCCCOc1cccc(C(=O)O)c1. The van der Waals surface area contributed by atoms with Crippen molar-refractivity contribution >= 4 is 17.7 Å². The lowest BCUT2D eigenvalue weighted by Gasteiger charge is -2.06. The maximum atomic E-state index is 10.8. The Morgan fingerprint density at radius 3 is 3.05 bits per heavy atom. The van der Waals surface area contributed by atoms with Gasteiger partial charge in [0.1, 0.15) is 5.75 Å². The molecule has 7 nitrogen and oxygen atoms in total. The number of rotatable bonds is 7. The zero-order valence-corrected chi connectivity index (χ0v) is 11.7. The van der Waals surface area contributed by atoms with Gasteiger partial charge in [0, 0.05) is 12.8 Å². The summed E-state index contributed by atoms with van der Waals surface area (Å²) in [4.78, 5) is 10.8. The Kier molecular flexibility index (Phi) is 4.94. The van der Waals surface area contributed by atoms with Crippen LogP contribution in [-0.4, -0.2) is 43.6 Å². The molecular formula is C12H14N4O3S. The van der Waals surface area contributed by atoms with Crippen molar-refractivity contribution in [2.45, 2.75) is 11.6 Å². The van der Waals surface area contributed by atoms with Gasteiger partial charge < -0.3 is 9.84 Å². The van der Waals surface area contributed by atoms with Crippen molar-refractivity contribution in [3.63, 3.8) is 0 Å². The highest BCUT2D eigenvalue weighted by Crippen LogP contribution is 2.16. The van der Waals surface area contributed by atoms with E-state index in [1.165, 1.54) is 12.1 Å². The quantitative estimate of drug-likeness (QED) is 0.610. The lowest BCUT2D eigenvalue weighted by Crippen LogP contribution is -2.01. The van der Waals surface area contributed by atoms with Gasteiger partial charge in [-0.3, -0.25) is 0 Å². The van der Waals surface area contributed by atoms with E-state index in [0.717, 1.165) is 17.3 Å². The largest absolute Gasteiger partial charge is 0.494 e. The van der Waals surface area contributed by atoms with E-state index in [-0.39, 0.29) is 5.56 Å². The van der Waals surface area contributed by atoms with Crippen LogP contribution in [0.3, 0.4) is 0 Å². The highest BCUT2D eigenvalue weighted by Gasteiger charge is 2.04. The Labute approximate surface area is 119 Å². The van der Waals surface area contributed by atoms with Crippen molar-refractivity contribution in [2.24, 2.45) is 7.05 Å². The third kappa shape index (κ3) is 3.95. The van der Waals surface area contributed by atoms with E-state index in [1.807, 2.05) is 0 Å². The second-order valence-corrected chi connectivity index (χ2v) is 5.03. The van der Waals surface area contributed by atoms with E-state index in [4.69, 9.17) is 9.84 Å². The van der Waals surface area contributed by atoms with Crippen LogP contribution in [0.15, 0.2) is 29.4 Å². The van der Waals surface area contributed by atoms with Gasteiger partial charge in [-0.1, -0.05) is 17.8 Å². The number of aryl methyl sites for hydroxylation is 1. The van der Waals surface area contributed by atoms with Gasteiger partial charge in [0.15, 0.2) is 0 Å². The number of carbonyl (C=O) groups is 1. The van der Waals surface area contributed by atoms with Crippen molar-refractivity contribution in [3.05, 3.63) is 29.8 Å². The number of benzene rings is 1. The summed E-state index contributed by atoms with van der Waals surface area (Å²) in [5.41, 5.74) is 0.224. The molecule has 0 aliphatic heterocycles. The smallest absolute Gasteiger partial charge is 0.335 e. The predicted molar refractivity (Wildman–Crippen MR) is 73.0 cm³/mol. The minimum absolute atomic E-state index is 0.224. The van der Waals surface area contributed by atoms with Gasteiger partial charge >= 0.3 is 5.97 Å². The normalized spacial score (nSPS) is 10.4. The van der Waals surface area contributed by atoms with Crippen molar-refractivity contribution in [2.75, 3.05) is 12.4 Å². The van der Waals surface area contributed by atoms with Gasteiger partial charge in [-0.25, -0.2) is 9.48 Å². The monoisotopic (exact) mass is 294 g/mol. The Morgan fingerprint density at radius 2 is 2.35 bits per heavy atom. The number of tetrazole rings is 1. The molecule has 0 atom stereocenters. The van der Waals surface area contributed by atoms with E-state index in [9.17, 15) is 4.79 Å². The molecule has 0 saturated carbocycles. The number of hydrogen-bond donors (Lipinski definition) is 1. The Balaban J connectivity index is 1.72. The topological polar surface area (TPSA) is 90.1 Å². The third-order valence-electron chi connectivity index (χ3n) is 2.45. The summed E-state index contributed by atoms with van der Waals surface area (Å²) in [5, 5.41) is 20.8. The summed E-state index contributed by atoms with van der Waals surface area (Å²) in [5.74, 6) is 0.434. The molecule has 2 aromatic rings. The standard InChI is InChI=1S/C12H14N4O3S/c1-16-12(13-14-15-16)20-7-3-6-19-10-5-2-4-9(8-10)11(17)18/h2,4-5,8H,3,6-7H2,1H3,(H,17,18). The lowest BCUT2D eigenvalue weighted by atomic mass is 10.2. The van der Waals surface area contributed by atoms with Gasteiger partial charge in [-0.05, 0) is 35.0 Å². The summed E-state index contributed by atoms with van der Waals surface area (Å²) in [6.45, 7) is 0.515. The Hall–Kier alpha value is -2.09. The van der Waals surface area contributed by atoms with Crippen LogP contribution < -0.4 is 4.74 Å². The second kappa shape index (κ2) is 6.90. The Morgan fingerprint density at radius 1 is 1.50 bits per heavy atom. The molecule has 0 fully saturated rings. The molecule has 0 radical (unpaired) electrons. The maximum Gasteiger partial charge on any atom is 0.335 e. The molecule has 0 aliphatic carbocycles. The molecule has 106 valence electrons. The fourth-order valence-electron chi connectivity index (χ4n) is 1.47. The number of thioether (sulfide) groups is 1. The van der Waals surface area contributed by atoms with Gasteiger partial charge in [-0.15, -0.1) is 5.10 Å². The van der Waals surface area contributed by atoms with Gasteiger partial charge in [-0.2, -0.15) is 0 Å². The minimum atomic E-state index is -0.958. The molecule has 0 unspecified atom stereocenters. The number of hydrogen-bond acceptors (Lipinski definition) is 6. The van der Waals surface area contributed by atoms with Crippen LogP contribution in [-0.2, 0) is 7.05 Å². The first kappa shape index (κ1) is 14.3. The van der Waals surface area contributed by atoms with Crippen molar-refractivity contribution in [3.8, 4) is 5.75 Å². The predicted octanol–water partition coefficient (Wildman–Crippen LogP) is 1.47. The molecule has 0 saturated heterocycles. The van der Waals surface area contributed by atoms with Crippen LogP contribution in [0.1, 0.15) is 16.8 Å². The lowest BCUT2D eigenvalue weighted by molar-refractivity contribution is 0.0696. The molecule has 1 aromatic heterocycles. The molecule has 2 rings (SSSR count). The van der Waals surface area contributed by atoms with E-state index in [2.05, 4.69) is 15.5 Å². The van der Waals surface area contributed by atoms with E-state index in [0.29, 0.717) is 12.4 Å². The summed E-state index contributed by atoms with van der Waals surface area (Å²) in [6, 6.07) is 6.46. The highest BCUT2D eigenvalue weighted by molar-refractivity contribution is 7.99. The molecule has 0 spiro atoms. The number of carboxylic acids is 1. The van der Waals surface area contributed by atoms with Crippen LogP contribution in [0, 0.1) is 0 Å². The summed E-state index contributed by atoms with van der Waals surface area (Å²) in [6.07, 6.45) is 0.814. The second-order valence-electron chi connectivity index (χ2n) is 3.97. The summed E-state index contributed by atoms with van der Waals surface area (Å²) in [7, 11) is 1.79. The average molecular weight is 294 g/mol. The van der Waals surface area contributed by atoms with Crippen molar-refractivity contribution < 1.29 is 14.6 Å². The van der Waals surface area contributed by atoms with Crippen molar-refractivity contribution in [1.82, 2.24) is 20.2 Å². The Bertz CT molecular complexity index is 588. The zero-order valence-electron chi connectivity index (χ0n) is 10.9. The fraction of sp³-hybridized carbons (Fsp3) is 0.333. The first-order chi connectivity index (χ1) is 9.66. The minimum Gasteiger partial charge on any atom is -0.494 e. The van der Waals surface area contributed by atoms with E-state index in [1.54, 1.807) is 35.6 Å². The third-order valence-corrected chi connectivity index (χ3v) is 3.55. The average Bonchev–Trinajstić information content (AvgIpc) is 2.84. The summed E-state index contributed by atoms with van der Waals surface area (Å²) < 4.78 is 7.12. The van der Waals surface area contributed by atoms with E-state index >= 15 is 0 Å². The number of ether oxygens (including phenoxy) is 1. The fourth-order valence-corrected chi connectivity index (χ4v) is 2.24. The molecule has 1 aromatic carbocycles. The van der Waals surface area contributed by atoms with Crippen LogP contribution in [0.4, 0.5) is 0 Å². The first-order valence-electron chi connectivity index (χ1n) is 5.98.